The first kappa shape index (κ1) is 43.4. The van der Waals surface area contributed by atoms with Crippen LogP contribution in [0.1, 0.15) is 88.4 Å². The first-order valence-electron chi connectivity index (χ1n) is 22.6. The molecule has 0 radical (unpaired) electrons. The van der Waals surface area contributed by atoms with Crippen LogP contribution >= 0.6 is 0 Å². The van der Waals surface area contributed by atoms with Crippen molar-refractivity contribution in [2.45, 2.75) is 101 Å². The number of ether oxygens (including phenoxy) is 4. The molecule has 16 nitrogen and oxygen atoms in total. The molecule has 4 saturated heterocycles. The lowest BCUT2D eigenvalue weighted by atomic mass is 9.88. The molecule has 64 heavy (non-hydrogen) atoms. The molecule has 2 aromatic carbocycles. The molecule has 4 N–H and O–H groups in total. The number of hydrogen-bond acceptors (Lipinski definition) is 10. The minimum absolute atomic E-state index is 0.0406. The third-order valence-corrected chi connectivity index (χ3v) is 14.0. The molecule has 7 atom stereocenters. The smallest absolute Gasteiger partial charge is 0.407 e. The van der Waals surface area contributed by atoms with Gasteiger partial charge in [-0.25, -0.2) is 19.6 Å². The molecule has 4 aromatic rings. The second kappa shape index (κ2) is 18.7. The molecule has 4 amide bonds. The number of nitrogens with one attached hydrogen (secondary N) is 4. The number of nitrogens with zero attached hydrogens (tertiary/aromatic N) is 4. The highest BCUT2D eigenvalue weighted by Gasteiger charge is 2.56. The summed E-state index contributed by atoms with van der Waals surface area (Å²) in [6.45, 7) is 4.09. The van der Waals surface area contributed by atoms with Gasteiger partial charge in [0.05, 0.1) is 38.2 Å². The molecule has 5 fully saturated rings. The van der Waals surface area contributed by atoms with Crippen molar-refractivity contribution in [2.75, 3.05) is 40.6 Å². The van der Waals surface area contributed by atoms with Crippen molar-refractivity contribution in [1.82, 2.24) is 40.4 Å². The minimum atomic E-state index is -0.803. The van der Waals surface area contributed by atoms with Gasteiger partial charge in [-0.2, -0.15) is 4.39 Å². The number of carbonyl (C=O) groups excluding carboxylic acids is 4. The molecule has 0 bridgehead atoms. The minimum Gasteiger partial charge on any atom is -0.453 e. The summed E-state index contributed by atoms with van der Waals surface area (Å²) in [4.78, 5) is 72.9. The number of piperidine rings is 2. The van der Waals surface area contributed by atoms with Gasteiger partial charge in [0.2, 0.25) is 17.8 Å². The van der Waals surface area contributed by atoms with Gasteiger partial charge in [-0.15, -0.1) is 0 Å². The zero-order chi connectivity index (χ0) is 44.5. The van der Waals surface area contributed by atoms with Crippen molar-refractivity contribution in [3.63, 3.8) is 0 Å². The maximum absolute atomic E-state index is 15.8. The fourth-order valence-corrected chi connectivity index (χ4v) is 10.4. The number of likely N-dealkylation sites (tertiary alicyclic amines) is 2. The fourth-order valence-electron chi connectivity index (χ4n) is 10.4. The molecular formula is C47H57FN8O8. The Balaban J connectivity index is 0.882. The number of amides is 4. The summed E-state index contributed by atoms with van der Waals surface area (Å²) in [5.41, 5.74) is 4.43. The standard InChI is InChI=1S/C47H57FN8O8/c1-26-5-4-6-35(55(26)44(57)39(52-46(59)61-2)31-15-19-63-20-16-31)43-51-38(41(48)54-43)30-13-9-28(10-14-30)27-7-11-29(12-8-27)34-25-49-42(50-34)37-24-33-23-36(33)56(37)45(58)40(53-47(60)62-3)32-17-21-64-22-18-32/h7-14,25-26,31-33,35-37,39-40H,4-6,15-24H2,1-3H3,(H,49,50)(H,51,54)(H,52,59)(H,53,60)/t26?,33-,35+,36-,37+,39+,40+/m1/s1. The van der Waals surface area contributed by atoms with Crippen LogP contribution in [0.25, 0.3) is 33.6 Å². The van der Waals surface area contributed by atoms with Crippen LogP contribution < -0.4 is 10.6 Å². The van der Waals surface area contributed by atoms with Crippen molar-refractivity contribution in [3.8, 4) is 33.6 Å². The zero-order valence-corrected chi connectivity index (χ0v) is 36.5. The molecule has 1 unspecified atom stereocenters. The Morgan fingerprint density at radius 3 is 1.83 bits per heavy atom. The first-order chi connectivity index (χ1) is 31.1. The second-order valence-electron chi connectivity index (χ2n) is 17.8. The number of rotatable bonds is 11. The van der Waals surface area contributed by atoms with Gasteiger partial charge in [0.15, 0.2) is 0 Å². The van der Waals surface area contributed by atoms with Gasteiger partial charge in [0.1, 0.15) is 29.4 Å². The number of H-pyrrole nitrogens is 2. The van der Waals surface area contributed by atoms with Crippen LogP contribution in [0, 0.1) is 23.7 Å². The predicted octanol–water partition coefficient (Wildman–Crippen LogP) is 6.68. The van der Waals surface area contributed by atoms with Gasteiger partial charge in [-0.05, 0) is 99.2 Å². The number of halogens is 1. The average Bonchev–Trinajstić information content (AvgIpc) is 3.60. The Labute approximate surface area is 371 Å². The molecule has 4 aliphatic heterocycles. The molecule has 6 heterocycles. The molecule has 5 aliphatic rings. The van der Waals surface area contributed by atoms with Crippen molar-refractivity contribution < 1.29 is 42.5 Å². The number of hydrogen-bond donors (Lipinski definition) is 4. The lowest BCUT2D eigenvalue weighted by Gasteiger charge is -2.43. The molecule has 17 heteroatoms. The highest BCUT2D eigenvalue weighted by Crippen LogP contribution is 2.53. The van der Waals surface area contributed by atoms with Crippen molar-refractivity contribution >= 4 is 24.0 Å². The average molecular weight is 881 g/mol. The predicted molar refractivity (Wildman–Crippen MR) is 232 cm³/mol. The van der Waals surface area contributed by atoms with E-state index in [9.17, 15) is 19.2 Å². The van der Waals surface area contributed by atoms with Crippen LogP contribution in [-0.4, -0.2) is 119 Å². The molecule has 9 rings (SSSR count). The number of fused-ring (bicyclic) bond motifs is 1. The summed E-state index contributed by atoms with van der Waals surface area (Å²) in [5, 5.41) is 5.63. The van der Waals surface area contributed by atoms with E-state index in [0.29, 0.717) is 75.8 Å². The van der Waals surface area contributed by atoms with Crippen molar-refractivity contribution in [1.29, 1.82) is 0 Å². The zero-order valence-electron chi connectivity index (χ0n) is 36.5. The van der Waals surface area contributed by atoms with Gasteiger partial charge in [-0.3, -0.25) is 9.59 Å². The highest BCUT2D eigenvalue weighted by atomic mass is 19.1. The topological polar surface area (TPSA) is 193 Å². The van der Waals surface area contributed by atoms with E-state index in [1.807, 2.05) is 60.4 Å². The van der Waals surface area contributed by atoms with E-state index in [1.54, 1.807) is 11.1 Å². The van der Waals surface area contributed by atoms with E-state index in [1.165, 1.54) is 14.2 Å². The lowest BCUT2D eigenvalue weighted by Crippen LogP contribution is -2.57. The largest absolute Gasteiger partial charge is 0.453 e. The third kappa shape index (κ3) is 8.83. The van der Waals surface area contributed by atoms with Crippen molar-refractivity contribution in [2.24, 2.45) is 17.8 Å². The second-order valence-corrected chi connectivity index (χ2v) is 17.8. The Morgan fingerprint density at radius 2 is 1.25 bits per heavy atom. The summed E-state index contributed by atoms with van der Waals surface area (Å²) in [6.07, 6.45) is 7.11. The van der Waals surface area contributed by atoms with Crippen LogP contribution in [0.5, 0.6) is 0 Å². The van der Waals surface area contributed by atoms with Crippen LogP contribution in [0.4, 0.5) is 14.0 Å². The van der Waals surface area contributed by atoms with E-state index in [-0.39, 0.29) is 47.5 Å². The molecule has 340 valence electrons. The maximum atomic E-state index is 15.8. The van der Waals surface area contributed by atoms with Crippen LogP contribution in [0.3, 0.4) is 0 Å². The van der Waals surface area contributed by atoms with E-state index in [4.69, 9.17) is 28.9 Å². The van der Waals surface area contributed by atoms with Crippen molar-refractivity contribution in [3.05, 3.63) is 72.3 Å². The number of carbonyl (C=O) groups is 4. The number of aromatic amines is 2. The molecule has 2 aromatic heterocycles. The summed E-state index contributed by atoms with van der Waals surface area (Å²) >= 11 is 0. The molecule has 0 spiro atoms. The summed E-state index contributed by atoms with van der Waals surface area (Å²) in [7, 11) is 2.58. The van der Waals surface area contributed by atoms with Crippen LogP contribution in [0.2, 0.25) is 0 Å². The first-order valence-corrected chi connectivity index (χ1v) is 22.6. The monoisotopic (exact) mass is 880 g/mol. The van der Waals surface area contributed by atoms with E-state index in [2.05, 4.69) is 20.6 Å². The SMILES string of the molecule is COC(=O)N[C@H](C(=O)N1C(C)CCC[C@H]1c1nc(-c2ccc(-c3ccc(-c4cnc([C@@H]5C[C@H]6C[C@H]6N5C(=O)[C@@H](NC(=O)OC)C5CCOCC5)[nH]4)cc3)cc2)c(F)[nH]1)C1CCOCC1. The van der Waals surface area contributed by atoms with Crippen LogP contribution in [0.15, 0.2) is 54.7 Å². The van der Waals surface area contributed by atoms with E-state index >= 15 is 4.39 Å². The Morgan fingerprint density at radius 1 is 0.703 bits per heavy atom. The Bertz CT molecular complexity index is 2310. The molecule has 1 saturated carbocycles. The van der Waals surface area contributed by atoms with Gasteiger partial charge in [-0.1, -0.05) is 48.5 Å². The number of benzene rings is 2. The van der Waals surface area contributed by atoms with E-state index in [0.717, 1.165) is 53.9 Å². The fraction of sp³-hybridized carbons (Fsp3) is 0.532. The molecule has 1 aliphatic carbocycles. The molecular weight excluding hydrogens is 824 g/mol. The third-order valence-electron chi connectivity index (χ3n) is 14.0. The summed E-state index contributed by atoms with van der Waals surface area (Å²) in [5.74, 6) is 0.435. The highest BCUT2D eigenvalue weighted by molar-refractivity contribution is 5.88. The number of alkyl carbamates (subject to hydrolysis) is 2. The Hall–Kier alpha value is -5.81. The number of imidazole rings is 2. The summed E-state index contributed by atoms with van der Waals surface area (Å²) in [6, 6.07) is 13.4. The number of aromatic nitrogens is 4. The van der Waals surface area contributed by atoms with Gasteiger partial charge < -0.3 is 49.3 Å². The van der Waals surface area contributed by atoms with Gasteiger partial charge >= 0.3 is 12.2 Å². The van der Waals surface area contributed by atoms with Gasteiger partial charge in [0, 0.05) is 44.1 Å². The normalized spacial score (nSPS) is 24.7. The van der Waals surface area contributed by atoms with E-state index < -0.39 is 36.3 Å². The van der Waals surface area contributed by atoms with Crippen LogP contribution in [-0.2, 0) is 28.5 Å². The quantitative estimate of drug-likeness (QED) is 0.126. The lowest BCUT2D eigenvalue weighted by molar-refractivity contribution is -0.143. The number of methoxy groups -OCH3 is 2. The van der Waals surface area contributed by atoms with Gasteiger partial charge in [0.25, 0.3) is 0 Å². The summed E-state index contributed by atoms with van der Waals surface area (Å²) < 4.78 is 36.6. The Kier molecular flexibility index (Phi) is 12.7. The maximum Gasteiger partial charge on any atom is 0.407 e.